The van der Waals surface area contributed by atoms with Gasteiger partial charge in [0, 0.05) is 31.8 Å². The van der Waals surface area contributed by atoms with Gasteiger partial charge in [-0.05, 0) is 24.5 Å². The number of nitro benzene ring substituents is 1. The van der Waals surface area contributed by atoms with Crippen molar-refractivity contribution in [1.29, 1.82) is 0 Å². The van der Waals surface area contributed by atoms with E-state index in [2.05, 4.69) is 4.72 Å². The predicted octanol–water partition coefficient (Wildman–Crippen LogP) is 2.38. The van der Waals surface area contributed by atoms with Crippen molar-refractivity contribution in [3.63, 3.8) is 0 Å². The number of benzene rings is 2. The summed E-state index contributed by atoms with van der Waals surface area (Å²) in [5, 5.41) is 19.7. The van der Waals surface area contributed by atoms with Crippen LogP contribution in [0, 0.1) is 10.1 Å². The number of non-ortho nitro benzene ring substituents is 1. The minimum Gasteiger partial charge on any atom is -0.392 e. The number of nitrogens with zero attached hydrogens (tertiary/aromatic N) is 2. The second-order valence-corrected chi connectivity index (χ2v) is 9.35. The molecule has 2 aromatic rings. The first-order valence-corrected chi connectivity index (χ1v) is 11.0. The van der Waals surface area contributed by atoms with E-state index in [1.54, 1.807) is 6.92 Å². The molecule has 8 nitrogen and oxygen atoms in total. The average molecular weight is 420 g/mol. The summed E-state index contributed by atoms with van der Waals surface area (Å²) in [4.78, 5) is 12.3. The molecule has 0 aliphatic carbocycles. The Kier molecular flexibility index (Phi) is 6.63. The largest absolute Gasteiger partial charge is 0.392 e. The van der Waals surface area contributed by atoms with Gasteiger partial charge >= 0.3 is 0 Å². The fraction of sp³-hybridized carbons (Fsp3) is 0.400. The molecule has 2 aromatic carbocycles. The van der Waals surface area contributed by atoms with Crippen molar-refractivity contribution in [2.24, 2.45) is 0 Å². The highest BCUT2D eigenvalue weighted by Crippen LogP contribution is 2.26. The van der Waals surface area contributed by atoms with E-state index in [0.29, 0.717) is 31.6 Å². The Bertz CT molecular complexity index is 934. The van der Waals surface area contributed by atoms with Gasteiger partial charge in [-0.15, -0.1) is 0 Å². The fourth-order valence-electron chi connectivity index (χ4n) is 3.48. The lowest BCUT2D eigenvalue weighted by Gasteiger charge is -2.26. The van der Waals surface area contributed by atoms with Crippen LogP contribution in [0.1, 0.15) is 35.8 Å². The maximum Gasteiger partial charge on any atom is 0.269 e. The number of likely N-dealkylation sites (tertiary alicyclic amines) is 1. The monoisotopic (exact) mass is 419 g/mol. The molecule has 1 fully saturated rings. The van der Waals surface area contributed by atoms with Gasteiger partial charge in [-0.1, -0.05) is 42.5 Å². The van der Waals surface area contributed by atoms with Gasteiger partial charge in [0.2, 0.25) is 10.0 Å². The zero-order valence-corrected chi connectivity index (χ0v) is 17.0. The Balaban J connectivity index is 1.80. The first kappa shape index (κ1) is 21.4. The van der Waals surface area contributed by atoms with Crippen molar-refractivity contribution >= 4 is 15.7 Å². The zero-order valence-electron chi connectivity index (χ0n) is 16.1. The maximum absolute atomic E-state index is 13.1. The smallest absolute Gasteiger partial charge is 0.269 e. The highest BCUT2D eigenvalue weighted by atomic mass is 32.2. The van der Waals surface area contributed by atoms with Gasteiger partial charge in [-0.3, -0.25) is 15.0 Å². The summed E-state index contributed by atoms with van der Waals surface area (Å²) < 4.78 is 28.9. The molecule has 29 heavy (non-hydrogen) atoms. The Morgan fingerprint density at radius 1 is 1.17 bits per heavy atom. The third-order valence-corrected chi connectivity index (χ3v) is 7.05. The number of rotatable bonds is 8. The van der Waals surface area contributed by atoms with E-state index in [9.17, 15) is 23.6 Å². The number of aliphatic hydroxyl groups is 1. The minimum absolute atomic E-state index is 0.0824. The third kappa shape index (κ3) is 5.39. The van der Waals surface area contributed by atoms with Crippen LogP contribution in [0.15, 0.2) is 54.6 Å². The Labute approximate surface area is 170 Å². The van der Waals surface area contributed by atoms with Crippen LogP contribution in [0.2, 0.25) is 0 Å². The highest BCUT2D eigenvalue weighted by Gasteiger charge is 2.30. The molecule has 0 saturated carbocycles. The van der Waals surface area contributed by atoms with Gasteiger partial charge < -0.3 is 5.11 Å². The molecule has 3 unspecified atom stereocenters. The number of β-amino-alcohol motifs (C(OH)–C–C–N with tert-alkyl or cyclic N) is 1. The number of sulfonamides is 1. The van der Waals surface area contributed by atoms with E-state index in [1.165, 1.54) is 24.3 Å². The van der Waals surface area contributed by atoms with E-state index in [4.69, 9.17) is 0 Å². The zero-order chi connectivity index (χ0) is 21.0. The quantitative estimate of drug-likeness (QED) is 0.502. The van der Waals surface area contributed by atoms with Crippen LogP contribution < -0.4 is 4.72 Å². The lowest BCUT2D eigenvalue weighted by atomic mass is 10.1. The fourth-order valence-corrected chi connectivity index (χ4v) is 4.81. The van der Waals surface area contributed by atoms with E-state index in [1.807, 2.05) is 35.2 Å². The summed E-state index contributed by atoms with van der Waals surface area (Å²) in [6.07, 6.45) is 0.287. The number of nitrogens with one attached hydrogen (secondary N) is 1. The van der Waals surface area contributed by atoms with Gasteiger partial charge in [-0.2, -0.15) is 0 Å². The first-order chi connectivity index (χ1) is 13.8. The summed E-state index contributed by atoms with van der Waals surface area (Å²) in [5.41, 5.74) is 1.24. The van der Waals surface area contributed by atoms with Gasteiger partial charge in [0.05, 0.1) is 22.3 Å². The molecule has 0 amide bonds. The number of aliphatic hydroxyl groups excluding tert-OH is 1. The molecular weight excluding hydrogens is 394 g/mol. The second-order valence-electron chi connectivity index (χ2n) is 7.32. The molecule has 0 aromatic heterocycles. The number of hydrogen-bond acceptors (Lipinski definition) is 6. The maximum atomic E-state index is 13.1. The molecular formula is C20H25N3O5S. The van der Waals surface area contributed by atoms with Crippen LogP contribution in [-0.2, 0) is 10.0 Å². The van der Waals surface area contributed by atoms with Crippen molar-refractivity contribution in [3.8, 4) is 0 Å². The third-order valence-electron chi connectivity index (χ3n) is 5.24. The summed E-state index contributed by atoms with van der Waals surface area (Å²) in [5.74, 6) is 0. The van der Waals surface area contributed by atoms with E-state index in [0.717, 1.165) is 5.56 Å². The van der Waals surface area contributed by atoms with Crippen LogP contribution in [-0.4, -0.2) is 49.1 Å². The normalized spacial score (nSPS) is 19.7. The summed E-state index contributed by atoms with van der Waals surface area (Å²) >= 11 is 0. The molecule has 156 valence electrons. The molecule has 1 aliphatic rings. The minimum atomic E-state index is -3.76. The van der Waals surface area contributed by atoms with E-state index >= 15 is 0 Å². The van der Waals surface area contributed by atoms with Crippen molar-refractivity contribution in [1.82, 2.24) is 9.62 Å². The van der Waals surface area contributed by atoms with Crippen molar-refractivity contribution < 1.29 is 18.4 Å². The molecule has 1 aliphatic heterocycles. The van der Waals surface area contributed by atoms with Gasteiger partial charge in [0.1, 0.15) is 0 Å². The molecule has 2 N–H and O–H groups in total. The topological polar surface area (TPSA) is 113 Å². The predicted molar refractivity (Wildman–Crippen MR) is 110 cm³/mol. The highest BCUT2D eigenvalue weighted by molar-refractivity contribution is 7.89. The molecule has 0 spiro atoms. The van der Waals surface area contributed by atoms with Crippen molar-refractivity contribution in [3.05, 3.63) is 75.8 Å². The Morgan fingerprint density at radius 3 is 2.38 bits per heavy atom. The first-order valence-electron chi connectivity index (χ1n) is 9.47. The standard InChI is InChI=1S/C20H25N3O5S/c1-15(16-7-9-18(10-8-16)23(25)26)29(27,28)21-20(17-5-3-2-4-6-17)14-22-12-11-19(24)13-22/h2-10,15,19-21,24H,11-14H2,1H3. The number of nitro groups is 1. The van der Waals surface area contributed by atoms with Crippen LogP contribution in [0.5, 0.6) is 0 Å². The Hall–Kier alpha value is -2.33. The Morgan fingerprint density at radius 2 is 1.83 bits per heavy atom. The molecule has 0 bridgehead atoms. The van der Waals surface area contributed by atoms with E-state index in [-0.39, 0.29) is 11.8 Å². The van der Waals surface area contributed by atoms with Crippen LogP contribution in [0.4, 0.5) is 5.69 Å². The second kappa shape index (κ2) is 9.00. The van der Waals surface area contributed by atoms with Crippen LogP contribution in [0.25, 0.3) is 0 Å². The summed E-state index contributed by atoms with van der Waals surface area (Å²) in [6.45, 7) is 3.24. The van der Waals surface area contributed by atoms with Crippen LogP contribution in [0.3, 0.4) is 0 Å². The summed E-state index contributed by atoms with van der Waals surface area (Å²) in [7, 11) is -3.76. The molecule has 0 radical (unpaired) electrons. The van der Waals surface area contributed by atoms with Crippen LogP contribution >= 0.6 is 0 Å². The molecule has 9 heteroatoms. The molecule has 3 atom stereocenters. The van der Waals surface area contributed by atoms with E-state index < -0.39 is 26.2 Å². The van der Waals surface area contributed by atoms with Crippen molar-refractivity contribution in [2.75, 3.05) is 19.6 Å². The molecule has 1 heterocycles. The van der Waals surface area contributed by atoms with Gasteiger partial charge in [0.15, 0.2) is 0 Å². The van der Waals surface area contributed by atoms with Crippen molar-refractivity contribution in [2.45, 2.75) is 30.7 Å². The average Bonchev–Trinajstić information content (AvgIpc) is 3.12. The number of hydrogen-bond donors (Lipinski definition) is 2. The van der Waals surface area contributed by atoms with Gasteiger partial charge in [0.25, 0.3) is 5.69 Å². The lowest BCUT2D eigenvalue weighted by molar-refractivity contribution is -0.384. The molecule has 1 saturated heterocycles. The van der Waals surface area contributed by atoms with Gasteiger partial charge in [-0.25, -0.2) is 13.1 Å². The lowest BCUT2D eigenvalue weighted by Crippen LogP contribution is -2.39. The summed E-state index contributed by atoms with van der Waals surface area (Å²) in [6, 6.07) is 14.4. The molecule has 3 rings (SSSR count). The SMILES string of the molecule is CC(c1ccc([N+](=O)[O-])cc1)S(=O)(=O)NC(CN1CCC(O)C1)c1ccccc1.